The van der Waals surface area contributed by atoms with Gasteiger partial charge < -0.3 is 14.8 Å². The van der Waals surface area contributed by atoms with E-state index >= 15 is 0 Å². The average Bonchev–Trinajstić information content (AvgIpc) is 2.65. The topological polar surface area (TPSA) is 64.6 Å². The highest BCUT2D eigenvalue weighted by atomic mass is 16.5. The Morgan fingerprint density at radius 2 is 1.54 bits per heavy atom. The fourth-order valence-corrected chi connectivity index (χ4v) is 3.14. The van der Waals surface area contributed by atoms with Crippen LogP contribution in [-0.2, 0) is 19.1 Å². The Morgan fingerprint density at radius 1 is 0.962 bits per heavy atom. The number of rotatable bonds is 12. The van der Waals surface area contributed by atoms with Gasteiger partial charge in [0.2, 0.25) is 5.91 Å². The normalized spacial score (nSPS) is 19.6. The number of nitrogens with one attached hydrogen (secondary N) is 1. The van der Waals surface area contributed by atoms with Gasteiger partial charge in [-0.25, -0.2) is 0 Å². The van der Waals surface area contributed by atoms with E-state index in [0.29, 0.717) is 25.4 Å². The summed E-state index contributed by atoms with van der Waals surface area (Å²) in [7, 11) is 0. The van der Waals surface area contributed by atoms with Gasteiger partial charge in [-0.2, -0.15) is 0 Å². The van der Waals surface area contributed by atoms with E-state index in [2.05, 4.69) is 5.32 Å². The summed E-state index contributed by atoms with van der Waals surface area (Å²) in [6.45, 7) is 12.7. The lowest BCUT2D eigenvalue weighted by atomic mass is 9.80. The predicted octanol–water partition coefficient (Wildman–Crippen LogP) is 4.14. The SMILES string of the molecule is CC.CCOCCCOCCCC(=O)NC1CCC(C(=O)C(C)C)CC1. The molecule has 1 N–H and O–H groups in total. The third kappa shape index (κ3) is 11.6. The van der Waals surface area contributed by atoms with Crippen molar-refractivity contribution in [3.63, 3.8) is 0 Å². The molecule has 154 valence electrons. The van der Waals surface area contributed by atoms with Gasteiger partial charge in [-0.05, 0) is 45.4 Å². The minimum atomic E-state index is 0.103. The number of Topliss-reactive ketones (excluding diaryl/α,β-unsaturated/α-hetero) is 1. The number of carbonyl (C=O) groups excluding carboxylic acids is 2. The van der Waals surface area contributed by atoms with Crippen LogP contribution in [0.5, 0.6) is 0 Å². The van der Waals surface area contributed by atoms with E-state index in [1.54, 1.807) is 0 Å². The lowest BCUT2D eigenvalue weighted by Crippen LogP contribution is -2.39. The van der Waals surface area contributed by atoms with E-state index in [0.717, 1.165) is 51.7 Å². The molecule has 26 heavy (non-hydrogen) atoms. The molecule has 1 aliphatic carbocycles. The van der Waals surface area contributed by atoms with Crippen LogP contribution in [0.2, 0.25) is 0 Å². The highest BCUT2D eigenvalue weighted by Gasteiger charge is 2.27. The van der Waals surface area contributed by atoms with Crippen LogP contribution in [0.15, 0.2) is 0 Å². The van der Waals surface area contributed by atoms with Crippen LogP contribution in [0.3, 0.4) is 0 Å². The van der Waals surface area contributed by atoms with Crippen molar-refractivity contribution < 1.29 is 19.1 Å². The standard InChI is InChI=1S/C19H35NO4.C2H6/c1-4-23-13-6-14-24-12-5-7-18(21)20-17-10-8-16(9-11-17)19(22)15(2)3;1-2/h15-17H,4-14H2,1-3H3,(H,20,21);1-2H3. The zero-order valence-corrected chi connectivity index (χ0v) is 17.6. The predicted molar refractivity (Wildman–Crippen MR) is 106 cm³/mol. The summed E-state index contributed by atoms with van der Waals surface area (Å²) in [5.41, 5.74) is 0. The Bertz CT molecular complexity index is 363. The summed E-state index contributed by atoms with van der Waals surface area (Å²) < 4.78 is 10.7. The third-order valence-electron chi connectivity index (χ3n) is 4.54. The largest absolute Gasteiger partial charge is 0.382 e. The summed E-state index contributed by atoms with van der Waals surface area (Å²) in [5, 5.41) is 3.10. The maximum atomic E-state index is 12.0. The van der Waals surface area contributed by atoms with E-state index in [1.165, 1.54) is 0 Å². The molecule has 0 bridgehead atoms. The minimum absolute atomic E-state index is 0.103. The molecule has 0 aliphatic heterocycles. The molecule has 5 nitrogen and oxygen atoms in total. The first-order chi connectivity index (χ1) is 12.5. The lowest BCUT2D eigenvalue weighted by molar-refractivity contribution is -0.127. The fourth-order valence-electron chi connectivity index (χ4n) is 3.14. The zero-order chi connectivity index (χ0) is 19.8. The first-order valence-electron chi connectivity index (χ1n) is 10.5. The number of amides is 1. The summed E-state index contributed by atoms with van der Waals surface area (Å²) in [5.74, 6) is 0.797. The molecular formula is C21H41NO4. The Labute approximate surface area is 160 Å². The Balaban J connectivity index is 0.00000301. The van der Waals surface area contributed by atoms with E-state index in [1.807, 2.05) is 34.6 Å². The molecule has 0 saturated heterocycles. The van der Waals surface area contributed by atoms with Gasteiger partial charge in [-0.1, -0.05) is 27.7 Å². The van der Waals surface area contributed by atoms with Gasteiger partial charge in [0.05, 0.1) is 0 Å². The van der Waals surface area contributed by atoms with Crippen LogP contribution in [0.25, 0.3) is 0 Å². The molecule has 1 aliphatic rings. The average molecular weight is 372 g/mol. The van der Waals surface area contributed by atoms with Crippen molar-refractivity contribution in [1.82, 2.24) is 5.32 Å². The van der Waals surface area contributed by atoms with Crippen molar-refractivity contribution in [3.8, 4) is 0 Å². The van der Waals surface area contributed by atoms with E-state index in [-0.39, 0.29) is 23.8 Å². The molecule has 0 radical (unpaired) electrons. The Kier molecular flexibility index (Phi) is 15.7. The highest BCUT2D eigenvalue weighted by molar-refractivity contribution is 5.83. The van der Waals surface area contributed by atoms with Gasteiger partial charge in [0, 0.05) is 50.7 Å². The molecule has 1 amide bonds. The van der Waals surface area contributed by atoms with Gasteiger partial charge in [0.25, 0.3) is 0 Å². The highest BCUT2D eigenvalue weighted by Crippen LogP contribution is 2.27. The third-order valence-corrected chi connectivity index (χ3v) is 4.54. The van der Waals surface area contributed by atoms with Gasteiger partial charge in [-0.15, -0.1) is 0 Å². The first-order valence-corrected chi connectivity index (χ1v) is 10.5. The number of carbonyl (C=O) groups is 2. The number of ether oxygens (including phenoxy) is 2. The van der Waals surface area contributed by atoms with Crippen molar-refractivity contribution >= 4 is 11.7 Å². The molecule has 1 fully saturated rings. The summed E-state index contributed by atoms with van der Waals surface area (Å²) >= 11 is 0. The van der Waals surface area contributed by atoms with Crippen LogP contribution in [0, 0.1) is 11.8 Å². The van der Waals surface area contributed by atoms with Crippen molar-refractivity contribution in [2.45, 2.75) is 85.6 Å². The van der Waals surface area contributed by atoms with Crippen LogP contribution in [0.4, 0.5) is 0 Å². The molecule has 0 heterocycles. The van der Waals surface area contributed by atoms with E-state index in [9.17, 15) is 9.59 Å². The van der Waals surface area contributed by atoms with Gasteiger partial charge in [-0.3, -0.25) is 9.59 Å². The zero-order valence-electron chi connectivity index (χ0n) is 17.6. The molecule has 0 atom stereocenters. The fraction of sp³-hybridized carbons (Fsp3) is 0.905. The second-order valence-corrected chi connectivity index (χ2v) is 6.94. The maximum absolute atomic E-state index is 12.0. The number of hydrogen-bond acceptors (Lipinski definition) is 4. The van der Waals surface area contributed by atoms with Crippen LogP contribution in [0.1, 0.15) is 79.6 Å². The number of ketones is 1. The smallest absolute Gasteiger partial charge is 0.220 e. The first kappa shape index (κ1) is 25.1. The molecular weight excluding hydrogens is 330 g/mol. The van der Waals surface area contributed by atoms with Crippen molar-refractivity contribution in [3.05, 3.63) is 0 Å². The quantitative estimate of drug-likeness (QED) is 0.524. The molecule has 0 aromatic carbocycles. The van der Waals surface area contributed by atoms with Gasteiger partial charge in [0.15, 0.2) is 0 Å². The minimum Gasteiger partial charge on any atom is -0.382 e. The Hall–Kier alpha value is -0.940. The molecule has 1 saturated carbocycles. The number of hydrogen-bond donors (Lipinski definition) is 1. The van der Waals surface area contributed by atoms with Crippen molar-refractivity contribution in [1.29, 1.82) is 0 Å². The second-order valence-electron chi connectivity index (χ2n) is 6.94. The molecule has 0 aromatic heterocycles. The molecule has 5 heteroatoms. The van der Waals surface area contributed by atoms with E-state index in [4.69, 9.17) is 9.47 Å². The summed E-state index contributed by atoms with van der Waals surface area (Å²) in [4.78, 5) is 24.0. The lowest BCUT2D eigenvalue weighted by Gasteiger charge is -2.29. The summed E-state index contributed by atoms with van der Waals surface area (Å²) in [6.07, 6.45) is 5.82. The maximum Gasteiger partial charge on any atom is 0.220 e. The van der Waals surface area contributed by atoms with Gasteiger partial charge in [0.1, 0.15) is 5.78 Å². The molecule has 0 aromatic rings. The van der Waals surface area contributed by atoms with Crippen molar-refractivity contribution in [2.24, 2.45) is 11.8 Å². The Morgan fingerprint density at radius 3 is 2.12 bits per heavy atom. The van der Waals surface area contributed by atoms with Gasteiger partial charge >= 0.3 is 0 Å². The van der Waals surface area contributed by atoms with E-state index < -0.39 is 0 Å². The molecule has 0 spiro atoms. The van der Waals surface area contributed by atoms with Crippen LogP contribution >= 0.6 is 0 Å². The summed E-state index contributed by atoms with van der Waals surface area (Å²) in [6, 6.07) is 0.237. The molecule has 0 unspecified atom stereocenters. The molecule has 1 rings (SSSR count). The van der Waals surface area contributed by atoms with Crippen LogP contribution < -0.4 is 5.32 Å². The second kappa shape index (κ2) is 16.2. The van der Waals surface area contributed by atoms with Crippen LogP contribution in [-0.4, -0.2) is 44.2 Å². The monoisotopic (exact) mass is 371 g/mol. The van der Waals surface area contributed by atoms with Crippen molar-refractivity contribution in [2.75, 3.05) is 26.4 Å².